The van der Waals surface area contributed by atoms with Gasteiger partial charge in [0.25, 0.3) is 5.91 Å². The first-order valence-electron chi connectivity index (χ1n) is 9.54. The van der Waals surface area contributed by atoms with Gasteiger partial charge in [0.05, 0.1) is 0 Å². The number of benzene rings is 1. The second-order valence-electron chi connectivity index (χ2n) is 6.79. The molecule has 1 amide bonds. The van der Waals surface area contributed by atoms with Crippen LogP contribution in [0.2, 0.25) is 0 Å². The zero-order valence-corrected chi connectivity index (χ0v) is 16.5. The van der Waals surface area contributed by atoms with Crippen LogP contribution in [0.3, 0.4) is 0 Å². The minimum absolute atomic E-state index is 0.112. The maximum atomic E-state index is 12.1. The zero-order chi connectivity index (χ0) is 20.7. The number of carboxylic acids is 1. The van der Waals surface area contributed by atoms with Gasteiger partial charge in [-0.05, 0) is 57.2 Å². The number of nitrogens with one attached hydrogen (secondary N) is 1. The molecular weight excluding hydrogens is 362 g/mol. The molecule has 1 N–H and O–H groups in total. The first-order valence-corrected chi connectivity index (χ1v) is 9.54. The van der Waals surface area contributed by atoms with Crippen molar-refractivity contribution in [2.75, 3.05) is 6.54 Å². The van der Waals surface area contributed by atoms with Gasteiger partial charge in [0.15, 0.2) is 6.10 Å². The molecule has 0 fully saturated rings. The Morgan fingerprint density at radius 3 is 2.71 bits per heavy atom. The summed E-state index contributed by atoms with van der Waals surface area (Å²) in [5, 5.41) is 13.9. The van der Waals surface area contributed by atoms with Gasteiger partial charge in [0.2, 0.25) is 0 Å². The average Bonchev–Trinajstić information content (AvgIpc) is 2.65. The third kappa shape index (κ3) is 5.58. The molecule has 0 unspecified atom stereocenters. The van der Waals surface area contributed by atoms with Crippen LogP contribution in [-0.2, 0) is 16.0 Å². The fourth-order valence-electron chi connectivity index (χ4n) is 2.94. The molecule has 0 radical (unpaired) electrons. The van der Waals surface area contributed by atoms with Crippen LogP contribution in [0.15, 0.2) is 27.4 Å². The molecule has 1 aromatic carbocycles. The van der Waals surface area contributed by atoms with Crippen molar-refractivity contribution in [2.45, 2.75) is 59.0 Å². The molecule has 0 aliphatic carbocycles. The molecule has 1 heterocycles. The normalized spacial score (nSPS) is 12.0. The molecule has 0 spiro atoms. The lowest BCUT2D eigenvalue weighted by Crippen LogP contribution is -2.37. The summed E-state index contributed by atoms with van der Waals surface area (Å²) in [6, 6.07) is 5.14. The monoisotopic (exact) mass is 388 g/mol. The molecule has 2 aromatic rings. The molecule has 28 heavy (non-hydrogen) atoms. The fraction of sp³-hybridized carbons (Fsp3) is 0.476. The van der Waals surface area contributed by atoms with Crippen LogP contribution in [-0.4, -0.2) is 24.5 Å². The molecule has 152 valence electrons. The average molecular weight is 388 g/mol. The Kier molecular flexibility index (Phi) is 7.61. The second-order valence-corrected chi connectivity index (χ2v) is 6.79. The van der Waals surface area contributed by atoms with E-state index in [-0.39, 0.29) is 18.9 Å². The number of hydrogen-bond donors (Lipinski definition) is 1. The van der Waals surface area contributed by atoms with Gasteiger partial charge < -0.3 is 24.4 Å². The maximum Gasteiger partial charge on any atom is 0.336 e. The third-order valence-corrected chi connectivity index (χ3v) is 4.53. The van der Waals surface area contributed by atoms with Crippen molar-refractivity contribution in [2.24, 2.45) is 0 Å². The summed E-state index contributed by atoms with van der Waals surface area (Å²) in [5.74, 6) is -1.04. The van der Waals surface area contributed by atoms with Gasteiger partial charge in [-0.15, -0.1) is 0 Å². The van der Waals surface area contributed by atoms with Crippen LogP contribution in [0, 0.1) is 6.92 Å². The Hall–Kier alpha value is -2.83. The molecule has 0 aliphatic rings. The predicted molar refractivity (Wildman–Crippen MR) is 103 cm³/mol. The third-order valence-electron chi connectivity index (χ3n) is 4.53. The van der Waals surface area contributed by atoms with Crippen LogP contribution in [0.4, 0.5) is 0 Å². The van der Waals surface area contributed by atoms with Crippen LogP contribution in [0.1, 0.15) is 50.7 Å². The summed E-state index contributed by atoms with van der Waals surface area (Å²) in [5.41, 5.74) is 1.67. The van der Waals surface area contributed by atoms with Gasteiger partial charge >= 0.3 is 5.63 Å². The van der Waals surface area contributed by atoms with E-state index in [1.165, 1.54) is 6.07 Å². The topological polar surface area (TPSA) is 109 Å². The van der Waals surface area contributed by atoms with E-state index in [0.29, 0.717) is 23.3 Å². The summed E-state index contributed by atoms with van der Waals surface area (Å²) in [6.07, 6.45) is 2.19. The quantitative estimate of drug-likeness (QED) is 0.491. The van der Waals surface area contributed by atoms with E-state index in [1.54, 1.807) is 19.9 Å². The molecule has 0 bridgehead atoms. The van der Waals surface area contributed by atoms with Crippen molar-refractivity contribution < 1.29 is 23.8 Å². The number of aryl methyl sites for hydroxylation is 2. The molecule has 0 aliphatic heterocycles. The van der Waals surface area contributed by atoms with Gasteiger partial charge in [-0.25, -0.2) is 4.79 Å². The van der Waals surface area contributed by atoms with Crippen LogP contribution >= 0.6 is 0 Å². The van der Waals surface area contributed by atoms with Gasteiger partial charge in [-0.2, -0.15) is 0 Å². The summed E-state index contributed by atoms with van der Waals surface area (Å²) in [6.45, 7) is 5.71. The van der Waals surface area contributed by atoms with Gasteiger partial charge in [-0.3, -0.25) is 4.79 Å². The molecule has 1 atom stereocenters. The number of amides is 1. The van der Waals surface area contributed by atoms with Crippen molar-refractivity contribution in [3.63, 3.8) is 0 Å². The van der Waals surface area contributed by atoms with E-state index >= 15 is 0 Å². The van der Waals surface area contributed by atoms with Gasteiger partial charge in [-0.1, -0.05) is 13.3 Å². The highest BCUT2D eigenvalue weighted by Crippen LogP contribution is 2.29. The van der Waals surface area contributed by atoms with Crippen molar-refractivity contribution in [3.8, 4) is 5.75 Å². The Morgan fingerprint density at radius 1 is 1.29 bits per heavy atom. The summed E-state index contributed by atoms with van der Waals surface area (Å²) in [4.78, 5) is 34.4. The van der Waals surface area contributed by atoms with E-state index < -0.39 is 17.7 Å². The molecule has 0 saturated carbocycles. The largest absolute Gasteiger partial charge is 0.550 e. The lowest BCUT2D eigenvalue weighted by molar-refractivity contribution is -0.305. The number of fused-ring (bicyclic) bond motifs is 1. The molecule has 7 nitrogen and oxygen atoms in total. The number of ether oxygens (including phenoxy) is 1. The number of aliphatic carboxylic acids is 1. The van der Waals surface area contributed by atoms with Crippen LogP contribution in [0.5, 0.6) is 5.75 Å². The highest BCUT2D eigenvalue weighted by molar-refractivity contribution is 5.85. The van der Waals surface area contributed by atoms with Crippen molar-refractivity contribution in [3.05, 3.63) is 39.7 Å². The van der Waals surface area contributed by atoms with Crippen molar-refractivity contribution in [1.29, 1.82) is 0 Å². The Balaban J connectivity index is 2.14. The smallest absolute Gasteiger partial charge is 0.336 e. The maximum absolute atomic E-state index is 12.1. The summed E-state index contributed by atoms with van der Waals surface area (Å²) >= 11 is 0. The standard InChI is InChI=1S/C21H27NO6/c1-4-5-7-15-12-19(25)28-20-13(2)17(10-9-16(15)20)27-14(3)21(26)22-11-6-8-18(23)24/h9-10,12,14H,4-8,11H2,1-3H3,(H,22,26)(H,23,24)/p-1/t14-/m0/s1. The van der Waals surface area contributed by atoms with E-state index in [9.17, 15) is 19.5 Å². The van der Waals surface area contributed by atoms with E-state index in [2.05, 4.69) is 12.2 Å². The number of carbonyl (C=O) groups excluding carboxylic acids is 2. The molecular formula is C21H26NO6-. The molecule has 0 saturated heterocycles. The predicted octanol–water partition coefficient (Wildman–Crippen LogP) is 1.86. The van der Waals surface area contributed by atoms with Gasteiger partial charge in [0, 0.05) is 29.5 Å². The number of carbonyl (C=O) groups is 2. The lowest BCUT2D eigenvalue weighted by atomic mass is 10.0. The number of unbranched alkanes of at least 4 members (excludes halogenated alkanes) is 1. The molecule has 1 aromatic heterocycles. The summed E-state index contributed by atoms with van der Waals surface area (Å²) < 4.78 is 11.2. The van der Waals surface area contributed by atoms with Crippen molar-refractivity contribution in [1.82, 2.24) is 5.32 Å². The van der Waals surface area contributed by atoms with Crippen LogP contribution in [0.25, 0.3) is 11.0 Å². The summed E-state index contributed by atoms with van der Waals surface area (Å²) in [7, 11) is 0. The first kappa shape index (κ1) is 21.5. The van der Waals surface area contributed by atoms with Crippen LogP contribution < -0.4 is 20.8 Å². The minimum Gasteiger partial charge on any atom is -0.550 e. The zero-order valence-electron chi connectivity index (χ0n) is 16.5. The fourth-order valence-corrected chi connectivity index (χ4v) is 2.94. The molecule has 7 heteroatoms. The Labute approximate surface area is 163 Å². The van der Waals surface area contributed by atoms with E-state index in [1.807, 2.05) is 6.07 Å². The first-order chi connectivity index (χ1) is 13.3. The van der Waals surface area contributed by atoms with E-state index in [4.69, 9.17) is 9.15 Å². The Morgan fingerprint density at radius 2 is 2.04 bits per heavy atom. The van der Waals surface area contributed by atoms with Crippen molar-refractivity contribution >= 4 is 22.8 Å². The Bertz CT molecular complexity index is 902. The number of hydrogen-bond acceptors (Lipinski definition) is 6. The second kappa shape index (κ2) is 9.92. The number of rotatable bonds is 10. The molecule has 2 rings (SSSR count). The van der Waals surface area contributed by atoms with E-state index in [0.717, 1.165) is 30.2 Å². The highest BCUT2D eigenvalue weighted by atomic mass is 16.5. The SMILES string of the molecule is CCCCc1cc(=O)oc2c(C)c(O[C@@H](C)C(=O)NCCCC(=O)[O-])ccc12. The minimum atomic E-state index is -1.15. The van der Waals surface area contributed by atoms with Gasteiger partial charge in [0.1, 0.15) is 11.3 Å². The highest BCUT2D eigenvalue weighted by Gasteiger charge is 2.17. The lowest BCUT2D eigenvalue weighted by Gasteiger charge is -2.17. The number of carboxylic acid groups (broad SMARTS) is 1.